The summed E-state index contributed by atoms with van der Waals surface area (Å²) < 4.78 is 40.7. The number of alkyl halides is 3. The lowest BCUT2D eigenvalue weighted by Crippen LogP contribution is -2.38. The van der Waals surface area contributed by atoms with E-state index in [0.717, 1.165) is 67.1 Å². The zero-order valence-corrected chi connectivity index (χ0v) is 18.3. The Kier molecular flexibility index (Phi) is 6.33. The molecule has 0 unspecified atom stereocenters. The molecule has 9 heteroatoms. The highest BCUT2D eigenvalue weighted by atomic mass is 35.5. The molecule has 3 aromatic rings. The molecular weight excluding hydrogens is 441 g/mol. The fraction of sp³-hybridized carbons (Fsp3) is 0.391. The minimum absolute atomic E-state index is 0.0102. The Bertz CT molecular complexity index is 1120. The molecule has 1 heterocycles. The monoisotopic (exact) mass is 464 g/mol. The molecule has 1 aromatic heterocycles. The quantitative estimate of drug-likeness (QED) is 0.513. The molecule has 0 spiro atoms. The molecule has 2 N–H and O–H groups in total. The van der Waals surface area contributed by atoms with Gasteiger partial charge in [0.05, 0.1) is 21.7 Å². The number of benzene rings is 2. The van der Waals surface area contributed by atoms with Crippen LogP contribution in [0.5, 0.6) is 0 Å². The lowest BCUT2D eigenvalue weighted by molar-refractivity contribution is -0.137. The van der Waals surface area contributed by atoms with Crippen molar-refractivity contribution in [1.29, 1.82) is 0 Å². The first-order valence-electron chi connectivity index (χ1n) is 10.6. The fourth-order valence-electron chi connectivity index (χ4n) is 4.24. The van der Waals surface area contributed by atoms with E-state index in [1.54, 1.807) is 0 Å². The molecule has 170 valence electrons. The van der Waals surface area contributed by atoms with Gasteiger partial charge >= 0.3 is 6.18 Å². The summed E-state index contributed by atoms with van der Waals surface area (Å²) in [6.07, 6.45) is -1.20. The average Bonchev–Trinajstić information content (AvgIpc) is 3.08. The van der Waals surface area contributed by atoms with Crippen LogP contribution in [0, 0.1) is 5.92 Å². The zero-order valence-electron chi connectivity index (χ0n) is 17.5. The summed E-state index contributed by atoms with van der Waals surface area (Å²) in [5.74, 6) is 0.724. The number of amides is 1. The van der Waals surface area contributed by atoms with Crippen LogP contribution in [0.15, 0.2) is 42.5 Å². The normalized spacial score (nSPS) is 19.2. The van der Waals surface area contributed by atoms with Crippen molar-refractivity contribution in [3.63, 3.8) is 0 Å². The van der Waals surface area contributed by atoms with Gasteiger partial charge in [-0.1, -0.05) is 23.7 Å². The van der Waals surface area contributed by atoms with Crippen molar-refractivity contribution in [3.05, 3.63) is 58.6 Å². The van der Waals surface area contributed by atoms with Crippen LogP contribution in [0.2, 0.25) is 5.02 Å². The second kappa shape index (κ2) is 9.02. The van der Waals surface area contributed by atoms with Crippen molar-refractivity contribution in [2.45, 2.75) is 37.9 Å². The molecule has 0 aliphatic heterocycles. The first-order valence-corrected chi connectivity index (χ1v) is 10.9. The van der Waals surface area contributed by atoms with Gasteiger partial charge < -0.3 is 10.6 Å². The number of rotatable bonds is 5. The van der Waals surface area contributed by atoms with Crippen molar-refractivity contribution in [3.8, 4) is 0 Å². The van der Waals surface area contributed by atoms with Crippen molar-refractivity contribution in [2.24, 2.45) is 13.0 Å². The number of carbonyl (C=O) groups is 1. The van der Waals surface area contributed by atoms with E-state index in [9.17, 15) is 18.0 Å². The van der Waals surface area contributed by atoms with Gasteiger partial charge in [0, 0.05) is 25.0 Å². The van der Waals surface area contributed by atoms with Crippen LogP contribution in [0.4, 0.5) is 19.0 Å². The molecule has 32 heavy (non-hydrogen) atoms. The number of aromatic nitrogens is 2. The minimum atomic E-state index is -4.52. The van der Waals surface area contributed by atoms with Crippen LogP contribution >= 0.6 is 11.6 Å². The maximum absolute atomic E-state index is 13.0. The molecule has 0 atom stereocenters. The van der Waals surface area contributed by atoms with Crippen LogP contribution < -0.4 is 10.6 Å². The van der Waals surface area contributed by atoms with Crippen molar-refractivity contribution >= 4 is 34.2 Å². The summed E-state index contributed by atoms with van der Waals surface area (Å²) in [6, 6.07) is 10.7. The van der Waals surface area contributed by atoms with Crippen molar-refractivity contribution in [1.82, 2.24) is 15.1 Å². The van der Waals surface area contributed by atoms with E-state index < -0.39 is 17.6 Å². The molecule has 1 aliphatic rings. The topological polar surface area (TPSA) is 59.0 Å². The second-order valence-corrected chi connectivity index (χ2v) is 8.66. The molecule has 0 bridgehead atoms. The van der Waals surface area contributed by atoms with Crippen molar-refractivity contribution in [2.75, 3.05) is 11.9 Å². The van der Waals surface area contributed by atoms with E-state index in [1.807, 2.05) is 36.0 Å². The number of nitrogens with one attached hydrogen (secondary N) is 2. The predicted molar refractivity (Wildman–Crippen MR) is 119 cm³/mol. The highest BCUT2D eigenvalue weighted by molar-refractivity contribution is 6.33. The average molecular weight is 465 g/mol. The van der Waals surface area contributed by atoms with Gasteiger partial charge in [-0.3, -0.25) is 9.48 Å². The smallest absolute Gasteiger partial charge is 0.368 e. The Hall–Kier alpha value is -2.74. The number of nitrogens with zero attached hydrogens (tertiary/aromatic N) is 2. The molecule has 1 amide bonds. The lowest BCUT2D eigenvalue weighted by atomic mass is 9.86. The highest BCUT2D eigenvalue weighted by Crippen LogP contribution is 2.32. The van der Waals surface area contributed by atoms with Crippen LogP contribution in [-0.4, -0.2) is 28.3 Å². The molecule has 1 saturated carbocycles. The summed E-state index contributed by atoms with van der Waals surface area (Å²) in [5, 5.41) is 11.9. The van der Waals surface area contributed by atoms with Gasteiger partial charge in [0.15, 0.2) is 5.82 Å². The Morgan fingerprint density at radius 3 is 2.59 bits per heavy atom. The highest BCUT2D eigenvalue weighted by Gasteiger charge is 2.32. The molecule has 2 aromatic carbocycles. The summed E-state index contributed by atoms with van der Waals surface area (Å²) >= 11 is 5.98. The number of hydrogen-bond acceptors (Lipinski definition) is 3. The van der Waals surface area contributed by atoms with E-state index >= 15 is 0 Å². The van der Waals surface area contributed by atoms with Gasteiger partial charge in [-0.25, -0.2) is 0 Å². The number of aryl methyl sites for hydroxylation is 1. The molecule has 5 nitrogen and oxygen atoms in total. The molecule has 0 radical (unpaired) electrons. The van der Waals surface area contributed by atoms with Gasteiger partial charge in [0.2, 0.25) is 0 Å². The molecular formula is C23H24ClF3N4O. The Morgan fingerprint density at radius 2 is 1.88 bits per heavy atom. The number of para-hydroxylation sites is 1. The fourth-order valence-corrected chi connectivity index (χ4v) is 4.44. The van der Waals surface area contributed by atoms with Gasteiger partial charge in [-0.15, -0.1) is 0 Å². The molecule has 4 rings (SSSR count). The van der Waals surface area contributed by atoms with E-state index in [-0.39, 0.29) is 16.6 Å². The number of anilines is 1. The summed E-state index contributed by atoms with van der Waals surface area (Å²) in [5.41, 5.74) is 0.0332. The lowest BCUT2D eigenvalue weighted by Gasteiger charge is -2.29. The van der Waals surface area contributed by atoms with E-state index in [4.69, 9.17) is 11.6 Å². The van der Waals surface area contributed by atoms with Gasteiger partial charge in [0.1, 0.15) is 0 Å². The first-order chi connectivity index (χ1) is 15.2. The van der Waals surface area contributed by atoms with Gasteiger partial charge in [0.25, 0.3) is 5.91 Å². The maximum atomic E-state index is 13.0. The Labute approximate surface area is 188 Å². The van der Waals surface area contributed by atoms with Gasteiger partial charge in [-0.2, -0.15) is 18.3 Å². The third kappa shape index (κ3) is 4.85. The zero-order chi connectivity index (χ0) is 22.9. The summed E-state index contributed by atoms with van der Waals surface area (Å²) in [7, 11) is 1.91. The number of hydrogen-bond donors (Lipinski definition) is 2. The Morgan fingerprint density at radius 1 is 1.16 bits per heavy atom. The SMILES string of the molecule is Cn1nc(NCC2CCC(NC(=O)c3cc(C(F)(F)F)ccc3Cl)CC2)c2ccccc21. The Balaban J connectivity index is 1.31. The van der Waals surface area contributed by atoms with E-state index in [2.05, 4.69) is 15.7 Å². The number of halogens is 4. The van der Waals surface area contributed by atoms with Gasteiger partial charge in [-0.05, 0) is 61.9 Å². The molecule has 1 fully saturated rings. The largest absolute Gasteiger partial charge is 0.416 e. The third-order valence-corrected chi connectivity index (χ3v) is 6.37. The van der Waals surface area contributed by atoms with Crippen LogP contribution in [0.1, 0.15) is 41.6 Å². The molecule has 1 aliphatic carbocycles. The minimum Gasteiger partial charge on any atom is -0.368 e. The van der Waals surface area contributed by atoms with Crippen molar-refractivity contribution < 1.29 is 18.0 Å². The maximum Gasteiger partial charge on any atom is 0.416 e. The molecule has 0 saturated heterocycles. The number of carbonyl (C=O) groups excluding carboxylic acids is 1. The second-order valence-electron chi connectivity index (χ2n) is 8.25. The first kappa shape index (κ1) is 22.5. The van der Waals surface area contributed by atoms with E-state index in [0.29, 0.717) is 5.92 Å². The van der Waals surface area contributed by atoms with Crippen LogP contribution in [0.3, 0.4) is 0 Å². The summed E-state index contributed by atoms with van der Waals surface area (Å²) in [4.78, 5) is 12.5. The van der Waals surface area contributed by atoms with Crippen LogP contribution in [-0.2, 0) is 13.2 Å². The standard InChI is InChI=1S/C23H24ClF3N4O/c1-31-20-5-3-2-4-17(20)21(30-31)28-13-14-6-9-16(10-7-14)29-22(32)18-12-15(23(25,26)27)8-11-19(18)24/h2-5,8,11-12,14,16H,6-7,9-10,13H2,1H3,(H,28,30)(H,29,32). The van der Waals surface area contributed by atoms with Crippen LogP contribution in [0.25, 0.3) is 10.9 Å². The third-order valence-electron chi connectivity index (χ3n) is 6.04. The predicted octanol–water partition coefficient (Wildman–Crippen LogP) is 5.65. The number of fused-ring (bicyclic) bond motifs is 1. The summed E-state index contributed by atoms with van der Waals surface area (Å²) in [6.45, 7) is 0.779. The van der Waals surface area contributed by atoms with E-state index in [1.165, 1.54) is 0 Å².